The second-order valence-corrected chi connectivity index (χ2v) is 6.58. The van der Waals surface area contributed by atoms with Crippen molar-refractivity contribution in [1.29, 1.82) is 0 Å². The number of benzene rings is 1. The number of halogens is 6. The summed E-state index contributed by atoms with van der Waals surface area (Å²) in [5.74, 6) is -0.813. The minimum absolute atomic E-state index is 0.000905. The number of nitrogens with one attached hydrogen (secondary N) is 1. The van der Waals surface area contributed by atoms with E-state index in [1.54, 1.807) is 5.38 Å². The van der Waals surface area contributed by atoms with E-state index in [-0.39, 0.29) is 11.6 Å². The Morgan fingerprint density at radius 1 is 1.07 bits per heavy atom. The summed E-state index contributed by atoms with van der Waals surface area (Å²) in [7, 11) is 0. The van der Waals surface area contributed by atoms with Gasteiger partial charge in [0.2, 0.25) is 0 Å². The van der Waals surface area contributed by atoms with E-state index in [0.29, 0.717) is 17.1 Å². The van der Waals surface area contributed by atoms with Gasteiger partial charge in [-0.25, -0.2) is 4.98 Å². The van der Waals surface area contributed by atoms with Crippen LogP contribution in [0.2, 0.25) is 0 Å². The van der Waals surface area contributed by atoms with Crippen LogP contribution in [0.25, 0.3) is 5.57 Å². The first-order valence-electron chi connectivity index (χ1n) is 7.68. The number of hydrogen-bond donors (Lipinski definition) is 2. The number of thiazole rings is 1. The van der Waals surface area contributed by atoms with E-state index in [2.05, 4.69) is 10.5 Å². The molecular formula is C16H11F6N5OS. The van der Waals surface area contributed by atoms with Crippen molar-refractivity contribution < 1.29 is 31.1 Å². The predicted molar refractivity (Wildman–Crippen MR) is 92.3 cm³/mol. The van der Waals surface area contributed by atoms with E-state index in [9.17, 15) is 31.1 Å². The van der Waals surface area contributed by atoms with Crippen LogP contribution in [0, 0.1) is 0 Å². The quantitative estimate of drug-likeness (QED) is 0.566. The minimum Gasteiger partial charge on any atom is -0.365 e. The SMILES string of the molecule is NC(=O)/C(=C/N1C=CN(c2cc(C(F)(F)F)cc(C(F)(F)F)c2)N1)c1nccs1. The van der Waals surface area contributed by atoms with Crippen LogP contribution in [-0.2, 0) is 17.1 Å². The molecular weight excluding hydrogens is 424 g/mol. The average molecular weight is 435 g/mol. The summed E-state index contributed by atoms with van der Waals surface area (Å²) in [5.41, 5.74) is 4.52. The highest BCUT2D eigenvalue weighted by molar-refractivity contribution is 7.11. The topological polar surface area (TPSA) is 74.5 Å². The molecule has 1 aliphatic heterocycles. The number of rotatable bonds is 4. The molecule has 2 heterocycles. The Kier molecular flexibility index (Phi) is 5.28. The molecule has 0 atom stereocenters. The second-order valence-electron chi connectivity index (χ2n) is 5.68. The maximum absolute atomic E-state index is 13.0. The van der Waals surface area contributed by atoms with Crippen molar-refractivity contribution in [1.82, 2.24) is 15.5 Å². The zero-order valence-electron chi connectivity index (χ0n) is 14.1. The number of amides is 1. The Balaban J connectivity index is 1.91. The van der Waals surface area contributed by atoms with E-state index in [1.165, 1.54) is 24.8 Å². The highest BCUT2D eigenvalue weighted by atomic mass is 32.1. The maximum atomic E-state index is 13.0. The number of primary amides is 1. The number of aromatic nitrogens is 1. The molecule has 0 unspecified atom stereocenters. The lowest BCUT2D eigenvalue weighted by molar-refractivity contribution is -0.143. The van der Waals surface area contributed by atoms with Crippen molar-refractivity contribution >= 4 is 28.5 Å². The molecule has 0 fully saturated rings. The Morgan fingerprint density at radius 2 is 1.69 bits per heavy atom. The monoisotopic (exact) mass is 435 g/mol. The fourth-order valence-electron chi connectivity index (χ4n) is 2.34. The molecule has 6 nitrogen and oxygen atoms in total. The van der Waals surface area contributed by atoms with Crippen molar-refractivity contribution in [2.24, 2.45) is 5.73 Å². The summed E-state index contributed by atoms with van der Waals surface area (Å²) in [5, 5.41) is 3.98. The minimum atomic E-state index is -4.97. The van der Waals surface area contributed by atoms with Gasteiger partial charge < -0.3 is 5.73 Å². The van der Waals surface area contributed by atoms with Crippen LogP contribution in [-0.4, -0.2) is 15.9 Å². The van der Waals surface area contributed by atoms with Crippen LogP contribution in [0.3, 0.4) is 0 Å². The van der Waals surface area contributed by atoms with Crippen LogP contribution in [0.15, 0.2) is 48.4 Å². The standard InChI is InChI=1S/C16H11F6N5OS/c17-15(18,19)9-5-10(16(20,21)22)7-11(6-9)27-3-2-26(25-27)8-12(13(23)28)14-24-1-4-29-14/h1-8,25H,(H2,23,28)/b12-8-. The molecule has 154 valence electrons. The first-order chi connectivity index (χ1) is 13.4. The molecule has 1 aliphatic rings. The summed E-state index contributed by atoms with van der Waals surface area (Å²) in [6.07, 6.45) is -4.81. The van der Waals surface area contributed by atoms with Crippen molar-refractivity contribution in [3.8, 4) is 0 Å². The van der Waals surface area contributed by atoms with Gasteiger partial charge in [-0.15, -0.1) is 16.9 Å². The molecule has 0 bridgehead atoms. The van der Waals surface area contributed by atoms with Crippen molar-refractivity contribution in [2.45, 2.75) is 12.4 Å². The van der Waals surface area contributed by atoms with Crippen molar-refractivity contribution in [3.63, 3.8) is 0 Å². The molecule has 0 saturated carbocycles. The Bertz CT molecular complexity index is 935. The van der Waals surface area contributed by atoms with E-state index < -0.39 is 35.1 Å². The smallest absolute Gasteiger partial charge is 0.365 e. The van der Waals surface area contributed by atoms with Crippen LogP contribution in [0.4, 0.5) is 32.0 Å². The van der Waals surface area contributed by atoms with Gasteiger partial charge >= 0.3 is 12.4 Å². The molecule has 3 N–H and O–H groups in total. The van der Waals surface area contributed by atoms with Gasteiger partial charge in [0, 0.05) is 30.2 Å². The number of anilines is 1. The lowest BCUT2D eigenvalue weighted by Gasteiger charge is -2.22. The molecule has 3 rings (SSSR count). The molecule has 2 aromatic rings. The fourth-order valence-corrected chi connectivity index (χ4v) is 3.00. The molecule has 29 heavy (non-hydrogen) atoms. The highest BCUT2D eigenvalue weighted by Gasteiger charge is 2.37. The first kappa shape index (κ1) is 20.7. The van der Waals surface area contributed by atoms with Crippen molar-refractivity contribution in [2.75, 3.05) is 5.01 Å². The van der Waals surface area contributed by atoms with Crippen LogP contribution in [0.5, 0.6) is 0 Å². The summed E-state index contributed by atoms with van der Waals surface area (Å²) in [4.78, 5) is 15.6. The molecule has 1 aromatic heterocycles. The lowest BCUT2D eigenvalue weighted by atomic mass is 10.1. The molecule has 0 radical (unpaired) electrons. The van der Waals surface area contributed by atoms with E-state index in [1.807, 2.05) is 0 Å². The van der Waals surface area contributed by atoms with Crippen molar-refractivity contribution in [3.05, 3.63) is 64.5 Å². The second kappa shape index (κ2) is 7.40. The molecule has 13 heteroatoms. The summed E-state index contributed by atoms with van der Waals surface area (Å²) < 4.78 is 78.1. The molecule has 0 saturated heterocycles. The van der Waals surface area contributed by atoms with E-state index >= 15 is 0 Å². The van der Waals surface area contributed by atoms with E-state index in [4.69, 9.17) is 5.73 Å². The Hall–Kier alpha value is -3.06. The molecule has 0 spiro atoms. The summed E-state index contributed by atoms with van der Waals surface area (Å²) in [6.45, 7) is 0. The van der Waals surface area contributed by atoms with E-state index in [0.717, 1.165) is 21.4 Å². The van der Waals surface area contributed by atoms with Gasteiger partial charge in [0.1, 0.15) is 5.01 Å². The maximum Gasteiger partial charge on any atom is 0.416 e. The highest BCUT2D eigenvalue weighted by Crippen LogP contribution is 2.38. The Labute approximate surface area is 163 Å². The number of alkyl halides is 6. The van der Waals surface area contributed by atoms with Gasteiger partial charge in [-0.2, -0.15) is 26.3 Å². The van der Waals surface area contributed by atoms with Gasteiger partial charge in [0.05, 0.1) is 22.4 Å². The number of hydrogen-bond acceptors (Lipinski definition) is 6. The zero-order valence-corrected chi connectivity index (χ0v) is 14.9. The van der Waals surface area contributed by atoms with Crippen LogP contribution >= 0.6 is 11.3 Å². The third-order valence-electron chi connectivity index (χ3n) is 3.65. The van der Waals surface area contributed by atoms with Gasteiger partial charge in [-0.05, 0) is 18.2 Å². The number of nitrogens with zero attached hydrogens (tertiary/aromatic N) is 3. The zero-order chi connectivity index (χ0) is 21.4. The first-order valence-corrected chi connectivity index (χ1v) is 8.56. The van der Waals surface area contributed by atoms with Gasteiger partial charge in [0.25, 0.3) is 5.91 Å². The third-order valence-corrected chi connectivity index (χ3v) is 4.45. The average Bonchev–Trinajstić information content (AvgIpc) is 3.29. The summed E-state index contributed by atoms with van der Waals surface area (Å²) in [6, 6.07) is 1.17. The fraction of sp³-hybridized carbons (Fsp3) is 0.125. The normalized spacial score (nSPS) is 15.3. The number of carbonyl (C=O) groups excluding carboxylic acids is 1. The lowest BCUT2D eigenvalue weighted by Crippen LogP contribution is -2.37. The largest absolute Gasteiger partial charge is 0.416 e. The third kappa shape index (κ3) is 4.68. The van der Waals surface area contributed by atoms with Crippen LogP contribution in [0.1, 0.15) is 16.1 Å². The molecule has 1 aromatic carbocycles. The van der Waals surface area contributed by atoms with Gasteiger partial charge in [-0.1, -0.05) is 0 Å². The van der Waals surface area contributed by atoms with Crippen LogP contribution < -0.4 is 16.3 Å². The summed E-state index contributed by atoms with van der Waals surface area (Å²) >= 11 is 1.13. The van der Waals surface area contributed by atoms with Gasteiger partial charge in [0.15, 0.2) is 0 Å². The number of hydrazine groups is 2. The molecule has 1 amide bonds. The molecule has 0 aliphatic carbocycles. The number of nitrogens with two attached hydrogens (primary N) is 1. The Morgan fingerprint density at radius 3 is 2.17 bits per heavy atom. The predicted octanol–water partition coefficient (Wildman–Crippen LogP) is 3.72. The number of carbonyl (C=O) groups is 1. The van der Waals surface area contributed by atoms with Gasteiger partial charge in [-0.3, -0.25) is 14.8 Å².